The van der Waals surface area contributed by atoms with E-state index in [0.29, 0.717) is 6.04 Å². The molecule has 2 heterocycles. The van der Waals surface area contributed by atoms with E-state index in [-0.39, 0.29) is 5.41 Å². The third-order valence-electron chi connectivity index (χ3n) is 3.11. The minimum Gasteiger partial charge on any atom is -0.330 e. The zero-order valence-electron chi connectivity index (χ0n) is 10.2. The van der Waals surface area contributed by atoms with Crippen LogP contribution in [0.25, 0.3) is 0 Å². The Morgan fingerprint density at radius 2 is 2.07 bits per heavy atom. The van der Waals surface area contributed by atoms with Crippen molar-refractivity contribution in [1.29, 1.82) is 0 Å². The summed E-state index contributed by atoms with van der Waals surface area (Å²) in [6.45, 7) is 9.67. The van der Waals surface area contributed by atoms with Crippen LogP contribution in [-0.2, 0) is 18.4 Å². The smallest absolute Gasteiger partial charge is 0.114 e. The van der Waals surface area contributed by atoms with Crippen LogP contribution >= 0.6 is 0 Å². The van der Waals surface area contributed by atoms with Crippen molar-refractivity contribution < 1.29 is 0 Å². The van der Waals surface area contributed by atoms with Crippen LogP contribution in [-0.4, -0.2) is 15.6 Å². The van der Waals surface area contributed by atoms with E-state index in [1.54, 1.807) is 0 Å². The summed E-state index contributed by atoms with van der Waals surface area (Å²) >= 11 is 0. The van der Waals surface area contributed by atoms with Gasteiger partial charge in [-0.2, -0.15) is 0 Å². The number of imidazole rings is 1. The number of nitrogens with zero attached hydrogens (tertiary/aromatic N) is 2. The zero-order valence-corrected chi connectivity index (χ0v) is 10.2. The maximum atomic E-state index is 6.02. The first-order chi connectivity index (χ1) is 6.89. The molecule has 1 atom stereocenters. The fraction of sp³-hybridized carbons (Fsp3) is 0.750. The molecule has 0 aromatic carbocycles. The molecule has 3 nitrogen and oxygen atoms in total. The Labute approximate surface area is 91.7 Å². The second kappa shape index (κ2) is 3.34. The Morgan fingerprint density at radius 3 is 2.67 bits per heavy atom. The van der Waals surface area contributed by atoms with Gasteiger partial charge in [0.15, 0.2) is 0 Å². The van der Waals surface area contributed by atoms with Crippen molar-refractivity contribution in [2.75, 3.05) is 0 Å². The van der Waals surface area contributed by atoms with E-state index in [4.69, 9.17) is 10.7 Å². The van der Waals surface area contributed by atoms with Crippen molar-refractivity contribution in [3.63, 3.8) is 0 Å². The number of hydrogen-bond acceptors (Lipinski definition) is 2. The van der Waals surface area contributed by atoms with E-state index in [1.807, 2.05) is 0 Å². The summed E-state index contributed by atoms with van der Waals surface area (Å²) in [5.74, 6) is 1.19. The maximum absolute atomic E-state index is 6.02. The van der Waals surface area contributed by atoms with Gasteiger partial charge in [-0.15, -0.1) is 0 Å². The molecule has 0 spiro atoms. The van der Waals surface area contributed by atoms with Gasteiger partial charge in [-0.1, -0.05) is 20.8 Å². The first kappa shape index (κ1) is 10.7. The average Bonchev–Trinajstić information content (AvgIpc) is 2.42. The van der Waals surface area contributed by atoms with E-state index in [9.17, 15) is 0 Å². The lowest BCUT2D eigenvalue weighted by atomic mass is 9.95. The predicted molar refractivity (Wildman–Crippen MR) is 62.0 cm³/mol. The first-order valence-corrected chi connectivity index (χ1v) is 5.71. The van der Waals surface area contributed by atoms with Crippen LogP contribution in [0.4, 0.5) is 0 Å². The minimum absolute atomic E-state index is 0.111. The molecule has 0 saturated carbocycles. The van der Waals surface area contributed by atoms with Crippen molar-refractivity contribution in [2.45, 2.75) is 58.5 Å². The predicted octanol–water partition coefficient (Wildman–Crippen LogP) is 1.76. The number of nitrogens with two attached hydrogens (primary N) is 1. The van der Waals surface area contributed by atoms with Gasteiger partial charge in [0.1, 0.15) is 5.82 Å². The normalized spacial score (nSPS) is 21.5. The van der Waals surface area contributed by atoms with Gasteiger partial charge >= 0.3 is 0 Å². The molecular formula is C12H21N3. The molecule has 2 rings (SSSR count). The molecule has 0 bridgehead atoms. The lowest BCUT2D eigenvalue weighted by Crippen LogP contribution is -2.34. The SMILES string of the molecule is Cc1nc(C(C)(C)C)n2c1CCC(N)C2. The molecule has 0 fully saturated rings. The summed E-state index contributed by atoms with van der Waals surface area (Å²) < 4.78 is 2.34. The molecule has 0 saturated heterocycles. The standard InChI is InChI=1S/C12H21N3/c1-8-10-6-5-9(13)7-15(10)11(14-8)12(2,3)4/h9H,5-7,13H2,1-4H3. The van der Waals surface area contributed by atoms with E-state index in [1.165, 1.54) is 17.2 Å². The Morgan fingerprint density at radius 1 is 1.40 bits per heavy atom. The van der Waals surface area contributed by atoms with Crippen molar-refractivity contribution in [1.82, 2.24) is 9.55 Å². The van der Waals surface area contributed by atoms with Gasteiger partial charge in [0.05, 0.1) is 5.69 Å². The third-order valence-corrected chi connectivity index (χ3v) is 3.11. The molecule has 0 radical (unpaired) electrons. The summed E-state index contributed by atoms with van der Waals surface area (Å²) in [6.07, 6.45) is 2.17. The second-order valence-corrected chi connectivity index (χ2v) is 5.63. The van der Waals surface area contributed by atoms with Crippen molar-refractivity contribution in [3.05, 3.63) is 17.2 Å². The Hall–Kier alpha value is -0.830. The number of fused-ring (bicyclic) bond motifs is 1. The van der Waals surface area contributed by atoms with Crippen LogP contribution in [0.5, 0.6) is 0 Å². The van der Waals surface area contributed by atoms with Crippen molar-refractivity contribution in [2.24, 2.45) is 5.73 Å². The number of rotatable bonds is 0. The molecule has 3 heteroatoms. The van der Waals surface area contributed by atoms with E-state index in [0.717, 1.165) is 19.4 Å². The highest BCUT2D eigenvalue weighted by molar-refractivity contribution is 5.22. The lowest BCUT2D eigenvalue weighted by molar-refractivity contribution is 0.415. The van der Waals surface area contributed by atoms with E-state index >= 15 is 0 Å². The van der Waals surface area contributed by atoms with Gasteiger partial charge in [-0.3, -0.25) is 0 Å². The zero-order chi connectivity index (χ0) is 11.2. The lowest BCUT2D eigenvalue weighted by Gasteiger charge is -2.26. The highest BCUT2D eigenvalue weighted by Gasteiger charge is 2.27. The van der Waals surface area contributed by atoms with Crippen LogP contribution < -0.4 is 5.73 Å². The molecule has 2 N–H and O–H groups in total. The number of aryl methyl sites for hydroxylation is 1. The first-order valence-electron chi connectivity index (χ1n) is 5.71. The average molecular weight is 207 g/mol. The summed E-state index contributed by atoms with van der Waals surface area (Å²) in [7, 11) is 0. The summed E-state index contributed by atoms with van der Waals surface area (Å²) in [5, 5.41) is 0. The quantitative estimate of drug-likeness (QED) is 0.704. The monoisotopic (exact) mass is 207 g/mol. The fourth-order valence-corrected chi connectivity index (χ4v) is 2.34. The fourth-order valence-electron chi connectivity index (χ4n) is 2.34. The molecule has 0 amide bonds. The summed E-state index contributed by atoms with van der Waals surface area (Å²) in [5.41, 5.74) is 8.71. The molecule has 1 aromatic heterocycles. The highest BCUT2D eigenvalue weighted by Crippen LogP contribution is 2.27. The summed E-state index contributed by atoms with van der Waals surface area (Å²) in [4.78, 5) is 4.71. The molecule has 84 valence electrons. The largest absolute Gasteiger partial charge is 0.330 e. The van der Waals surface area contributed by atoms with Crippen molar-refractivity contribution in [3.8, 4) is 0 Å². The summed E-state index contributed by atoms with van der Waals surface area (Å²) in [6, 6.07) is 0.298. The van der Waals surface area contributed by atoms with E-state index < -0.39 is 0 Å². The highest BCUT2D eigenvalue weighted by atomic mass is 15.1. The molecule has 0 aliphatic carbocycles. The molecule has 1 aromatic rings. The molecule has 1 aliphatic rings. The van der Waals surface area contributed by atoms with Crippen LogP contribution in [0.1, 0.15) is 44.4 Å². The Balaban J connectivity index is 2.50. The van der Waals surface area contributed by atoms with Crippen molar-refractivity contribution >= 4 is 0 Å². The topological polar surface area (TPSA) is 43.8 Å². The van der Waals surface area contributed by atoms with Gasteiger partial charge in [0, 0.05) is 23.7 Å². The van der Waals surface area contributed by atoms with Gasteiger partial charge < -0.3 is 10.3 Å². The molecular weight excluding hydrogens is 186 g/mol. The van der Waals surface area contributed by atoms with Gasteiger partial charge in [0.2, 0.25) is 0 Å². The third kappa shape index (κ3) is 1.81. The van der Waals surface area contributed by atoms with E-state index in [2.05, 4.69) is 32.3 Å². The van der Waals surface area contributed by atoms with Gasteiger partial charge in [0.25, 0.3) is 0 Å². The molecule has 1 aliphatic heterocycles. The second-order valence-electron chi connectivity index (χ2n) is 5.63. The van der Waals surface area contributed by atoms with Crippen LogP contribution in [0.15, 0.2) is 0 Å². The maximum Gasteiger partial charge on any atom is 0.114 e. The van der Waals surface area contributed by atoms with Crippen LogP contribution in [0, 0.1) is 6.92 Å². The van der Waals surface area contributed by atoms with Gasteiger partial charge in [-0.05, 0) is 19.8 Å². The Bertz CT molecular complexity index is 371. The molecule has 1 unspecified atom stereocenters. The van der Waals surface area contributed by atoms with Crippen LogP contribution in [0.2, 0.25) is 0 Å². The van der Waals surface area contributed by atoms with Crippen LogP contribution in [0.3, 0.4) is 0 Å². The van der Waals surface area contributed by atoms with Gasteiger partial charge in [-0.25, -0.2) is 4.98 Å². The Kier molecular flexibility index (Phi) is 2.38. The number of hydrogen-bond donors (Lipinski definition) is 1. The molecule has 15 heavy (non-hydrogen) atoms. The minimum atomic E-state index is 0.111. The number of aromatic nitrogens is 2.